The molecule has 1 aliphatic carbocycles. The van der Waals surface area contributed by atoms with E-state index in [9.17, 15) is 9.59 Å². The number of carbonyl (C=O) groups is 2. The van der Waals surface area contributed by atoms with Crippen LogP contribution >= 0.6 is 11.8 Å². The summed E-state index contributed by atoms with van der Waals surface area (Å²) in [7, 11) is 0. The highest BCUT2D eigenvalue weighted by atomic mass is 32.2. The zero-order chi connectivity index (χ0) is 14.6. The third kappa shape index (κ3) is 3.63. The van der Waals surface area contributed by atoms with Crippen molar-refractivity contribution < 1.29 is 14.7 Å². The number of carbonyl (C=O) groups excluding carboxylic acids is 1. The fourth-order valence-corrected chi connectivity index (χ4v) is 3.56. The maximum Gasteiger partial charge on any atom is 0.303 e. The topological polar surface area (TPSA) is 54.4 Å². The number of benzene rings is 1. The Kier molecular flexibility index (Phi) is 4.86. The quantitative estimate of drug-likeness (QED) is 0.635. The number of carboxylic acid groups (broad SMARTS) is 1. The molecule has 0 aromatic heterocycles. The van der Waals surface area contributed by atoms with Gasteiger partial charge in [0.25, 0.3) is 0 Å². The normalized spacial score (nSPS) is 17.1. The predicted molar refractivity (Wildman–Crippen MR) is 80.3 cm³/mol. The molecule has 1 saturated carbocycles. The Hall–Kier alpha value is -1.29. The zero-order valence-electron chi connectivity index (χ0n) is 11.7. The van der Waals surface area contributed by atoms with Gasteiger partial charge < -0.3 is 5.11 Å². The first-order chi connectivity index (χ1) is 9.54. The van der Waals surface area contributed by atoms with Crippen LogP contribution in [0.15, 0.2) is 29.2 Å². The van der Waals surface area contributed by atoms with Crippen LogP contribution in [0.25, 0.3) is 0 Å². The van der Waals surface area contributed by atoms with Crippen molar-refractivity contribution in [1.29, 1.82) is 0 Å². The van der Waals surface area contributed by atoms with Crippen LogP contribution < -0.4 is 0 Å². The molecule has 4 heteroatoms. The van der Waals surface area contributed by atoms with Crippen LogP contribution in [0, 0.1) is 5.41 Å². The average Bonchev–Trinajstić information content (AvgIpc) is 2.86. The number of ketones is 1. The van der Waals surface area contributed by atoms with Gasteiger partial charge in [0.2, 0.25) is 0 Å². The highest BCUT2D eigenvalue weighted by molar-refractivity contribution is 7.98. The number of hydrogen-bond donors (Lipinski definition) is 1. The molecule has 2 rings (SSSR count). The number of aliphatic carboxylic acids is 1. The van der Waals surface area contributed by atoms with Crippen molar-refractivity contribution in [2.24, 2.45) is 5.41 Å². The molecule has 0 unspecified atom stereocenters. The van der Waals surface area contributed by atoms with Crippen molar-refractivity contribution in [2.75, 3.05) is 6.26 Å². The Morgan fingerprint density at radius 2 is 1.95 bits per heavy atom. The van der Waals surface area contributed by atoms with E-state index in [1.165, 1.54) is 0 Å². The summed E-state index contributed by atoms with van der Waals surface area (Å²) in [5, 5.41) is 9.09. The van der Waals surface area contributed by atoms with Gasteiger partial charge >= 0.3 is 5.97 Å². The van der Waals surface area contributed by atoms with Gasteiger partial charge in [-0.25, -0.2) is 0 Å². The van der Waals surface area contributed by atoms with Crippen molar-refractivity contribution >= 4 is 23.5 Å². The molecule has 0 bridgehead atoms. The molecule has 1 fully saturated rings. The molecule has 3 nitrogen and oxygen atoms in total. The maximum absolute atomic E-state index is 12.5. The van der Waals surface area contributed by atoms with Crippen LogP contribution in [0.2, 0.25) is 0 Å². The van der Waals surface area contributed by atoms with Crippen molar-refractivity contribution in [3.05, 3.63) is 29.8 Å². The summed E-state index contributed by atoms with van der Waals surface area (Å²) in [6, 6.07) is 7.59. The van der Waals surface area contributed by atoms with Gasteiger partial charge in [0.05, 0.1) is 6.42 Å². The van der Waals surface area contributed by atoms with Crippen molar-refractivity contribution in [3.8, 4) is 0 Å². The monoisotopic (exact) mass is 292 g/mol. The van der Waals surface area contributed by atoms with Crippen molar-refractivity contribution in [3.63, 3.8) is 0 Å². The first-order valence-corrected chi connectivity index (χ1v) is 8.16. The molecule has 0 saturated heterocycles. The Morgan fingerprint density at radius 3 is 2.55 bits per heavy atom. The van der Waals surface area contributed by atoms with Gasteiger partial charge in [-0.1, -0.05) is 25.0 Å². The number of Topliss-reactive ketones (excluding diaryl/α,β-unsaturated/α-hetero) is 1. The van der Waals surface area contributed by atoms with Crippen LogP contribution in [-0.2, 0) is 4.79 Å². The summed E-state index contributed by atoms with van der Waals surface area (Å²) in [4.78, 5) is 24.6. The standard InChI is InChI=1S/C16H20O3S/c1-20-13-6-4-5-12(9-13)14(17)10-16(11-15(18)19)7-2-3-8-16/h4-6,9H,2-3,7-8,10-11H2,1H3,(H,18,19). The molecule has 0 radical (unpaired) electrons. The first-order valence-electron chi connectivity index (χ1n) is 6.94. The highest BCUT2D eigenvalue weighted by Gasteiger charge is 2.38. The largest absolute Gasteiger partial charge is 0.481 e. The second-order valence-electron chi connectivity index (χ2n) is 5.61. The highest BCUT2D eigenvalue weighted by Crippen LogP contribution is 2.44. The van der Waals surface area contributed by atoms with Gasteiger partial charge in [-0.05, 0) is 36.6 Å². The molecular formula is C16H20O3S. The van der Waals surface area contributed by atoms with Crippen LogP contribution in [0.1, 0.15) is 48.9 Å². The van der Waals surface area contributed by atoms with E-state index in [0.717, 1.165) is 30.6 Å². The SMILES string of the molecule is CSc1cccc(C(=O)CC2(CC(=O)O)CCCC2)c1. The Labute approximate surface area is 123 Å². The smallest absolute Gasteiger partial charge is 0.303 e. The fraction of sp³-hybridized carbons (Fsp3) is 0.500. The van der Waals surface area contributed by atoms with E-state index in [1.807, 2.05) is 30.5 Å². The number of rotatable bonds is 6. The van der Waals surface area contributed by atoms with E-state index in [4.69, 9.17) is 5.11 Å². The van der Waals surface area contributed by atoms with Gasteiger partial charge in [0.15, 0.2) is 5.78 Å². The molecular weight excluding hydrogens is 272 g/mol. The van der Waals surface area contributed by atoms with Gasteiger partial charge in [-0.3, -0.25) is 9.59 Å². The van der Waals surface area contributed by atoms with E-state index in [0.29, 0.717) is 12.0 Å². The summed E-state index contributed by atoms with van der Waals surface area (Å²) >= 11 is 1.61. The van der Waals surface area contributed by atoms with Crippen molar-refractivity contribution in [1.82, 2.24) is 0 Å². The van der Waals surface area contributed by atoms with E-state index in [-0.39, 0.29) is 17.6 Å². The Bertz CT molecular complexity index is 504. The van der Waals surface area contributed by atoms with Crippen molar-refractivity contribution in [2.45, 2.75) is 43.4 Å². The molecule has 0 spiro atoms. The third-order valence-corrected chi connectivity index (χ3v) is 4.84. The number of hydrogen-bond acceptors (Lipinski definition) is 3. The Balaban J connectivity index is 2.13. The van der Waals surface area contributed by atoms with Crippen LogP contribution in [0.5, 0.6) is 0 Å². The van der Waals surface area contributed by atoms with E-state index in [1.54, 1.807) is 11.8 Å². The minimum Gasteiger partial charge on any atom is -0.481 e. The molecule has 1 aliphatic rings. The summed E-state index contributed by atoms with van der Waals surface area (Å²) in [5.41, 5.74) is 0.381. The van der Waals surface area contributed by atoms with Gasteiger partial charge in [0, 0.05) is 16.9 Å². The summed E-state index contributed by atoms with van der Waals surface area (Å²) in [6.45, 7) is 0. The number of carboxylic acids is 1. The molecule has 20 heavy (non-hydrogen) atoms. The van der Waals surface area contributed by atoms with Crippen LogP contribution in [-0.4, -0.2) is 23.1 Å². The fourth-order valence-electron chi connectivity index (χ4n) is 3.10. The maximum atomic E-state index is 12.5. The molecule has 1 aromatic carbocycles. The second kappa shape index (κ2) is 6.44. The summed E-state index contributed by atoms with van der Waals surface area (Å²) < 4.78 is 0. The van der Waals surface area contributed by atoms with E-state index < -0.39 is 5.97 Å². The molecule has 1 aromatic rings. The average molecular weight is 292 g/mol. The van der Waals surface area contributed by atoms with E-state index >= 15 is 0 Å². The molecule has 0 aliphatic heterocycles. The Morgan fingerprint density at radius 1 is 1.25 bits per heavy atom. The van der Waals surface area contributed by atoms with E-state index in [2.05, 4.69) is 0 Å². The van der Waals surface area contributed by atoms with Crippen LogP contribution in [0.4, 0.5) is 0 Å². The minimum atomic E-state index is -0.794. The molecule has 0 heterocycles. The first kappa shape index (κ1) is 15.1. The van der Waals surface area contributed by atoms with Gasteiger partial charge in [-0.15, -0.1) is 11.8 Å². The third-order valence-electron chi connectivity index (χ3n) is 4.12. The van der Waals surface area contributed by atoms with Gasteiger partial charge in [0.1, 0.15) is 0 Å². The van der Waals surface area contributed by atoms with Gasteiger partial charge in [-0.2, -0.15) is 0 Å². The summed E-state index contributed by atoms with van der Waals surface area (Å²) in [5.74, 6) is -0.721. The lowest BCUT2D eigenvalue weighted by atomic mass is 9.77. The lowest BCUT2D eigenvalue weighted by Crippen LogP contribution is -2.24. The zero-order valence-corrected chi connectivity index (χ0v) is 12.5. The molecule has 0 atom stereocenters. The second-order valence-corrected chi connectivity index (χ2v) is 6.49. The minimum absolute atomic E-state index is 0.0732. The lowest BCUT2D eigenvalue weighted by molar-refractivity contribution is -0.139. The lowest BCUT2D eigenvalue weighted by Gasteiger charge is -2.26. The van der Waals surface area contributed by atoms with Crippen LogP contribution in [0.3, 0.4) is 0 Å². The number of thioether (sulfide) groups is 1. The molecule has 108 valence electrons. The predicted octanol–water partition coefficient (Wildman–Crippen LogP) is 4.02. The summed E-state index contributed by atoms with van der Waals surface area (Å²) in [6.07, 6.45) is 6.22. The molecule has 1 N–H and O–H groups in total. The molecule has 0 amide bonds.